The highest BCUT2D eigenvalue weighted by Crippen LogP contribution is 2.17. The van der Waals surface area contributed by atoms with Gasteiger partial charge in [0.1, 0.15) is 12.3 Å². The molecule has 0 atom stereocenters. The van der Waals surface area contributed by atoms with Gasteiger partial charge in [0.15, 0.2) is 0 Å². The van der Waals surface area contributed by atoms with Crippen molar-refractivity contribution in [3.63, 3.8) is 0 Å². The van der Waals surface area contributed by atoms with Crippen LogP contribution in [0.5, 0.6) is 5.75 Å². The molecule has 2 N–H and O–H groups in total. The second-order valence-corrected chi connectivity index (χ2v) is 4.70. The Bertz CT molecular complexity index is 452. The summed E-state index contributed by atoms with van der Waals surface area (Å²) in [7, 11) is -4.19. The van der Waals surface area contributed by atoms with Crippen molar-refractivity contribution < 1.29 is 26.7 Å². The first-order valence-corrected chi connectivity index (χ1v) is 5.54. The number of rotatable bonds is 3. The van der Waals surface area contributed by atoms with Crippen LogP contribution in [0.25, 0.3) is 0 Å². The Hall–Kier alpha value is -1.28. The van der Waals surface area contributed by atoms with Gasteiger partial charge in [-0.15, -0.1) is 0 Å². The lowest BCUT2D eigenvalue weighted by Crippen LogP contribution is -2.33. The van der Waals surface area contributed by atoms with Crippen molar-refractivity contribution in [2.24, 2.45) is 0 Å². The van der Waals surface area contributed by atoms with Gasteiger partial charge in [-0.25, -0.2) is 13.1 Å². The van der Waals surface area contributed by atoms with Gasteiger partial charge in [-0.3, -0.25) is 0 Å². The number of nitrogens with one attached hydrogen (secondary N) is 1. The molecule has 0 bridgehead atoms. The second-order valence-electron chi connectivity index (χ2n) is 2.93. The number of phenols is 1. The molecule has 0 spiro atoms. The second kappa shape index (κ2) is 4.30. The van der Waals surface area contributed by atoms with Gasteiger partial charge in [0, 0.05) is 0 Å². The van der Waals surface area contributed by atoms with Crippen LogP contribution in [0.4, 0.5) is 13.2 Å². The quantitative estimate of drug-likeness (QED) is 0.853. The Morgan fingerprint density at radius 3 is 2.12 bits per heavy atom. The predicted molar refractivity (Wildman–Crippen MR) is 49.4 cm³/mol. The van der Waals surface area contributed by atoms with E-state index in [1.54, 1.807) is 0 Å². The molecule has 0 heterocycles. The maximum atomic E-state index is 11.8. The molecular formula is C8H8F3NO3S. The van der Waals surface area contributed by atoms with Gasteiger partial charge in [0.05, 0.1) is 4.90 Å². The fourth-order valence-electron chi connectivity index (χ4n) is 0.885. The van der Waals surface area contributed by atoms with E-state index in [-0.39, 0.29) is 10.6 Å². The third-order valence-electron chi connectivity index (χ3n) is 1.61. The molecule has 0 aromatic heterocycles. The molecule has 0 saturated carbocycles. The maximum absolute atomic E-state index is 11.8. The summed E-state index contributed by atoms with van der Waals surface area (Å²) in [5, 5.41) is 8.89. The molecule has 0 aliphatic heterocycles. The van der Waals surface area contributed by atoms with E-state index in [0.717, 1.165) is 24.3 Å². The van der Waals surface area contributed by atoms with E-state index < -0.39 is 22.7 Å². The number of hydrogen-bond acceptors (Lipinski definition) is 3. The van der Waals surface area contributed by atoms with Crippen LogP contribution in [0.15, 0.2) is 29.2 Å². The van der Waals surface area contributed by atoms with Crippen molar-refractivity contribution in [2.45, 2.75) is 11.1 Å². The highest BCUT2D eigenvalue weighted by Gasteiger charge is 2.29. The number of phenolic OH excluding ortho intramolecular Hbond substituents is 1. The smallest absolute Gasteiger partial charge is 0.402 e. The third kappa shape index (κ3) is 3.70. The van der Waals surface area contributed by atoms with Gasteiger partial charge in [-0.05, 0) is 24.3 Å². The summed E-state index contributed by atoms with van der Waals surface area (Å²) in [6, 6.07) is 4.16. The topological polar surface area (TPSA) is 66.4 Å². The molecule has 16 heavy (non-hydrogen) atoms. The first kappa shape index (κ1) is 12.8. The minimum atomic E-state index is -4.61. The number of sulfonamides is 1. The fourth-order valence-corrected chi connectivity index (χ4v) is 1.90. The van der Waals surface area contributed by atoms with Gasteiger partial charge in [-0.1, -0.05) is 0 Å². The molecule has 1 aromatic carbocycles. The minimum Gasteiger partial charge on any atom is -0.508 e. The zero-order chi connectivity index (χ0) is 12.4. The zero-order valence-electron chi connectivity index (χ0n) is 7.82. The molecule has 0 saturated heterocycles. The summed E-state index contributed by atoms with van der Waals surface area (Å²) >= 11 is 0. The van der Waals surface area contributed by atoms with Crippen LogP contribution < -0.4 is 4.72 Å². The largest absolute Gasteiger partial charge is 0.508 e. The molecule has 1 aromatic rings. The highest BCUT2D eigenvalue weighted by atomic mass is 32.2. The van der Waals surface area contributed by atoms with Crippen molar-refractivity contribution in [1.29, 1.82) is 0 Å². The lowest BCUT2D eigenvalue weighted by Gasteiger charge is -2.09. The summed E-state index contributed by atoms with van der Waals surface area (Å²) in [4.78, 5) is -0.338. The molecule has 0 aliphatic carbocycles. The average molecular weight is 255 g/mol. The van der Waals surface area contributed by atoms with E-state index in [2.05, 4.69) is 0 Å². The fraction of sp³-hybridized carbons (Fsp3) is 0.250. The molecule has 90 valence electrons. The first-order chi connectivity index (χ1) is 7.21. The normalized spacial score (nSPS) is 12.7. The Morgan fingerprint density at radius 2 is 1.69 bits per heavy atom. The van der Waals surface area contributed by atoms with E-state index in [4.69, 9.17) is 5.11 Å². The Labute approximate surface area is 89.8 Å². The first-order valence-electron chi connectivity index (χ1n) is 4.06. The average Bonchev–Trinajstić information content (AvgIpc) is 2.15. The van der Waals surface area contributed by atoms with Crippen LogP contribution in [0, 0.1) is 0 Å². The van der Waals surface area contributed by atoms with E-state index >= 15 is 0 Å². The Balaban J connectivity index is 2.83. The molecule has 8 heteroatoms. The Kier molecular flexibility index (Phi) is 3.44. The standard InChI is InChI=1S/C8H8F3NO3S/c9-8(10,11)5-12-16(14,15)7-3-1-6(13)2-4-7/h1-4,12-13H,5H2. The van der Waals surface area contributed by atoms with Gasteiger partial charge in [0.2, 0.25) is 10.0 Å². The van der Waals surface area contributed by atoms with Crippen LogP contribution in [-0.4, -0.2) is 26.2 Å². The monoisotopic (exact) mass is 255 g/mol. The molecule has 0 unspecified atom stereocenters. The number of alkyl halides is 3. The van der Waals surface area contributed by atoms with Crippen LogP contribution >= 0.6 is 0 Å². The van der Waals surface area contributed by atoms with Crippen LogP contribution in [-0.2, 0) is 10.0 Å². The summed E-state index contributed by atoms with van der Waals surface area (Å²) in [6.07, 6.45) is -4.61. The Morgan fingerprint density at radius 1 is 1.19 bits per heavy atom. The van der Waals surface area contributed by atoms with Crippen LogP contribution in [0.1, 0.15) is 0 Å². The summed E-state index contributed by atoms with van der Waals surface area (Å²) in [5.41, 5.74) is 0. The number of halogens is 3. The van der Waals surface area contributed by atoms with Gasteiger partial charge in [-0.2, -0.15) is 13.2 Å². The predicted octanol–water partition coefficient (Wildman–Crippen LogP) is 1.23. The molecule has 0 aliphatic rings. The van der Waals surface area contributed by atoms with E-state index in [9.17, 15) is 21.6 Å². The third-order valence-corrected chi connectivity index (χ3v) is 3.03. The van der Waals surface area contributed by atoms with Crippen molar-refractivity contribution in [2.75, 3.05) is 6.54 Å². The van der Waals surface area contributed by atoms with Gasteiger partial charge >= 0.3 is 6.18 Å². The van der Waals surface area contributed by atoms with E-state index in [0.29, 0.717) is 0 Å². The van der Waals surface area contributed by atoms with Crippen molar-refractivity contribution in [1.82, 2.24) is 4.72 Å². The molecule has 0 amide bonds. The maximum Gasteiger partial charge on any atom is 0.402 e. The number of aromatic hydroxyl groups is 1. The van der Waals surface area contributed by atoms with Crippen molar-refractivity contribution in [3.8, 4) is 5.75 Å². The van der Waals surface area contributed by atoms with Crippen molar-refractivity contribution >= 4 is 10.0 Å². The number of hydrogen-bond donors (Lipinski definition) is 2. The molecule has 0 radical (unpaired) electrons. The molecule has 0 fully saturated rings. The zero-order valence-corrected chi connectivity index (χ0v) is 8.64. The molecule has 4 nitrogen and oxygen atoms in total. The lowest BCUT2D eigenvalue weighted by molar-refractivity contribution is -0.121. The van der Waals surface area contributed by atoms with E-state index in [1.807, 2.05) is 0 Å². The molecule has 1 rings (SSSR count). The highest BCUT2D eigenvalue weighted by molar-refractivity contribution is 7.89. The molecular weight excluding hydrogens is 247 g/mol. The van der Waals surface area contributed by atoms with Crippen LogP contribution in [0.2, 0.25) is 0 Å². The summed E-state index contributed by atoms with van der Waals surface area (Å²) in [6.45, 7) is -1.63. The van der Waals surface area contributed by atoms with Gasteiger partial charge in [0.25, 0.3) is 0 Å². The summed E-state index contributed by atoms with van der Waals surface area (Å²) in [5.74, 6) is -0.172. The van der Waals surface area contributed by atoms with Crippen LogP contribution in [0.3, 0.4) is 0 Å². The summed E-state index contributed by atoms with van der Waals surface area (Å²) < 4.78 is 59.4. The van der Waals surface area contributed by atoms with Gasteiger partial charge < -0.3 is 5.11 Å². The van der Waals surface area contributed by atoms with E-state index in [1.165, 1.54) is 4.72 Å². The number of benzene rings is 1. The van der Waals surface area contributed by atoms with Crippen molar-refractivity contribution in [3.05, 3.63) is 24.3 Å². The SMILES string of the molecule is O=S(=O)(NCC(F)(F)F)c1ccc(O)cc1. The lowest BCUT2D eigenvalue weighted by atomic mass is 10.3. The minimum absolute atomic E-state index is 0.172.